The monoisotopic (exact) mass is 445 g/mol. The van der Waals surface area contributed by atoms with Gasteiger partial charge in [0.1, 0.15) is 5.75 Å². The van der Waals surface area contributed by atoms with Gasteiger partial charge in [-0.15, -0.1) is 11.3 Å². The number of anilines is 2. The summed E-state index contributed by atoms with van der Waals surface area (Å²) in [4.78, 5) is 28.7. The number of hydrogen-bond acceptors (Lipinski definition) is 5. The van der Waals surface area contributed by atoms with Gasteiger partial charge in [0.25, 0.3) is 5.91 Å². The number of aromatic nitrogens is 1. The average Bonchev–Trinajstić information content (AvgIpc) is 3.10. The van der Waals surface area contributed by atoms with Crippen LogP contribution in [-0.2, 0) is 11.2 Å². The highest BCUT2D eigenvalue weighted by atomic mass is 79.9. The Kier molecular flexibility index (Phi) is 6.20. The van der Waals surface area contributed by atoms with Gasteiger partial charge < -0.3 is 10.1 Å². The largest absolute Gasteiger partial charge is 0.497 e. The molecule has 2 amide bonds. The second-order valence-electron chi connectivity index (χ2n) is 5.56. The van der Waals surface area contributed by atoms with Gasteiger partial charge in [0.2, 0.25) is 5.91 Å². The fourth-order valence-corrected chi connectivity index (χ4v) is 3.23. The first-order valence-electron chi connectivity index (χ1n) is 7.99. The Morgan fingerprint density at radius 3 is 2.44 bits per heavy atom. The molecule has 3 rings (SSSR count). The molecular formula is C19H16BrN3O3S. The van der Waals surface area contributed by atoms with Crippen LogP contribution in [0.5, 0.6) is 5.75 Å². The molecule has 2 aromatic carbocycles. The molecule has 3 aromatic rings. The average molecular weight is 446 g/mol. The fraction of sp³-hybridized carbons (Fsp3) is 0.105. The number of ether oxygens (including phenoxy) is 1. The predicted molar refractivity (Wildman–Crippen MR) is 110 cm³/mol. The number of thiazole rings is 1. The maximum Gasteiger partial charge on any atom is 0.257 e. The molecule has 0 aliphatic heterocycles. The number of methoxy groups -OCH3 is 1. The van der Waals surface area contributed by atoms with E-state index in [0.29, 0.717) is 27.8 Å². The summed E-state index contributed by atoms with van der Waals surface area (Å²) in [6.45, 7) is 0. The van der Waals surface area contributed by atoms with Gasteiger partial charge in [-0.25, -0.2) is 4.98 Å². The van der Waals surface area contributed by atoms with Gasteiger partial charge in [0, 0.05) is 21.1 Å². The van der Waals surface area contributed by atoms with Crippen molar-refractivity contribution in [3.8, 4) is 5.75 Å². The van der Waals surface area contributed by atoms with Gasteiger partial charge in [0.15, 0.2) is 5.13 Å². The van der Waals surface area contributed by atoms with Crippen LogP contribution in [0.1, 0.15) is 16.1 Å². The van der Waals surface area contributed by atoms with Crippen molar-refractivity contribution in [3.63, 3.8) is 0 Å². The van der Waals surface area contributed by atoms with Crippen LogP contribution in [0.4, 0.5) is 10.8 Å². The lowest BCUT2D eigenvalue weighted by atomic mass is 10.2. The number of benzene rings is 2. The van der Waals surface area contributed by atoms with E-state index >= 15 is 0 Å². The summed E-state index contributed by atoms with van der Waals surface area (Å²) in [6.07, 6.45) is 0.130. The van der Waals surface area contributed by atoms with E-state index in [1.165, 1.54) is 11.3 Å². The first-order valence-corrected chi connectivity index (χ1v) is 9.66. The number of nitrogens with one attached hydrogen (secondary N) is 2. The van der Waals surface area contributed by atoms with Crippen LogP contribution in [0, 0.1) is 0 Å². The molecule has 27 heavy (non-hydrogen) atoms. The summed E-state index contributed by atoms with van der Waals surface area (Å²) < 4.78 is 6.02. The van der Waals surface area contributed by atoms with Crippen LogP contribution in [0.15, 0.2) is 58.4 Å². The fourth-order valence-electron chi connectivity index (χ4n) is 2.26. The summed E-state index contributed by atoms with van der Waals surface area (Å²) in [5, 5.41) is 7.75. The van der Waals surface area contributed by atoms with E-state index in [4.69, 9.17) is 4.74 Å². The maximum absolute atomic E-state index is 12.2. The summed E-state index contributed by atoms with van der Waals surface area (Å²) in [6, 6.07) is 14.1. The molecule has 6 nitrogen and oxygen atoms in total. The van der Waals surface area contributed by atoms with Crippen molar-refractivity contribution >= 4 is 49.9 Å². The zero-order valence-corrected chi connectivity index (χ0v) is 16.8. The van der Waals surface area contributed by atoms with Crippen LogP contribution in [0.3, 0.4) is 0 Å². The highest BCUT2D eigenvalue weighted by Crippen LogP contribution is 2.19. The third-order valence-corrected chi connectivity index (χ3v) is 4.93. The first-order chi connectivity index (χ1) is 13.0. The van der Waals surface area contributed by atoms with Crippen molar-refractivity contribution in [3.05, 3.63) is 69.6 Å². The van der Waals surface area contributed by atoms with Crippen molar-refractivity contribution in [2.45, 2.75) is 6.42 Å². The molecule has 1 aromatic heterocycles. The van der Waals surface area contributed by atoms with Crippen molar-refractivity contribution in [1.29, 1.82) is 0 Å². The lowest BCUT2D eigenvalue weighted by Crippen LogP contribution is -2.15. The van der Waals surface area contributed by atoms with E-state index in [9.17, 15) is 9.59 Å². The molecule has 0 bridgehead atoms. The van der Waals surface area contributed by atoms with Gasteiger partial charge in [-0.05, 0) is 48.5 Å². The van der Waals surface area contributed by atoms with E-state index in [-0.39, 0.29) is 18.2 Å². The van der Waals surface area contributed by atoms with Gasteiger partial charge in [-0.3, -0.25) is 14.9 Å². The molecule has 0 saturated heterocycles. The minimum Gasteiger partial charge on any atom is -0.497 e. The first kappa shape index (κ1) is 19.1. The number of halogens is 1. The van der Waals surface area contributed by atoms with Crippen LogP contribution in [0.2, 0.25) is 0 Å². The van der Waals surface area contributed by atoms with Crippen molar-refractivity contribution in [2.75, 3.05) is 17.7 Å². The standard InChI is InChI=1S/C19H16BrN3O3S/c1-26-16-8-2-12(3-9-16)18(25)23-19-22-15(11-27-19)10-17(24)21-14-6-4-13(20)5-7-14/h2-9,11H,10H2,1H3,(H,21,24)(H,22,23,25). The van der Waals surface area contributed by atoms with Gasteiger partial charge >= 0.3 is 0 Å². The molecule has 8 heteroatoms. The minimum absolute atomic E-state index is 0.130. The van der Waals surface area contributed by atoms with Crippen LogP contribution in [-0.4, -0.2) is 23.9 Å². The Hall–Kier alpha value is -2.71. The summed E-state index contributed by atoms with van der Waals surface area (Å²) in [7, 11) is 1.57. The molecule has 138 valence electrons. The van der Waals surface area contributed by atoms with Crippen molar-refractivity contribution in [1.82, 2.24) is 4.98 Å². The Labute approximate surface area is 168 Å². The molecule has 0 spiro atoms. The molecule has 0 unspecified atom stereocenters. The molecule has 0 saturated carbocycles. The Morgan fingerprint density at radius 1 is 1.07 bits per heavy atom. The summed E-state index contributed by atoms with van der Waals surface area (Å²) >= 11 is 4.63. The third-order valence-electron chi connectivity index (χ3n) is 3.59. The molecule has 0 radical (unpaired) electrons. The second kappa shape index (κ2) is 8.79. The van der Waals surface area contributed by atoms with E-state index in [2.05, 4.69) is 31.5 Å². The second-order valence-corrected chi connectivity index (χ2v) is 7.33. The lowest BCUT2D eigenvalue weighted by molar-refractivity contribution is -0.115. The maximum atomic E-state index is 12.2. The number of nitrogens with zero attached hydrogens (tertiary/aromatic N) is 1. The summed E-state index contributed by atoms with van der Waals surface area (Å²) in [5.41, 5.74) is 1.81. The van der Waals surface area contributed by atoms with Crippen LogP contribution < -0.4 is 15.4 Å². The van der Waals surface area contributed by atoms with Crippen molar-refractivity contribution in [2.24, 2.45) is 0 Å². The molecular weight excluding hydrogens is 430 g/mol. The summed E-state index contributed by atoms with van der Waals surface area (Å²) in [5.74, 6) is 0.244. The number of carbonyl (C=O) groups excluding carboxylic acids is 2. The molecule has 2 N–H and O–H groups in total. The van der Waals surface area contributed by atoms with E-state index in [1.807, 2.05) is 24.3 Å². The third kappa shape index (κ3) is 5.38. The zero-order valence-electron chi connectivity index (χ0n) is 14.4. The number of carbonyl (C=O) groups is 2. The molecule has 0 aliphatic rings. The number of rotatable bonds is 6. The van der Waals surface area contributed by atoms with Crippen LogP contribution in [0.25, 0.3) is 0 Å². The van der Waals surface area contributed by atoms with E-state index in [1.54, 1.807) is 36.8 Å². The topological polar surface area (TPSA) is 80.3 Å². The number of amides is 2. The van der Waals surface area contributed by atoms with E-state index in [0.717, 1.165) is 4.47 Å². The van der Waals surface area contributed by atoms with E-state index < -0.39 is 0 Å². The molecule has 0 aliphatic carbocycles. The normalized spacial score (nSPS) is 10.3. The Morgan fingerprint density at radius 2 is 1.78 bits per heavy atom. The van der Waals surface area contributed by atoms with Gasteiger partial charge in [0.05, 0.1) is 19.2 Å². The quantitative estimate of drug-likeness (QED) is 0.590. The van der Waals surface area contributed by atoms with Gasteiger partial charge in [-0.2, -0.15) is 0 Å². The smallest absolute Gasteiger partial charge is 0.257 e. The zero-order chi connectivity index (χ0) is 19.2. The highest BCUT2D eigenvalue weighted by molar-refractivity contribution is 9.10. The molecule has 0 fully saturated rings. The lowest BCUT2D eigenvalue weighted by Gasteiger charge is -2.04. The Balaban J connectivity index is 1.56. The highest BCUT2D eigenvalue weighted by Gasteiger charge is 2.11. The molecule has 0 atom stereocenters. The predicted octanol–water partition coefficient (Wildman–Crippen LogP) is 4.35. The SMILES string of the molecule is COc1ccc(C(=O)Nc2nc(CC(=O)Nc3ccc(Br)cc3)cs2)cc1. The van der Waals surface area contributed by atoms with Crippen LogP contribution >= 0.6 is 27.3 Å². The van der Waals surface area contributed by atoms with Crippen molar-refractivity contribution < 1.29 is 14.3 Å². The number of hydrogen-bond donors (Lipinski definition) is 2. The Bertz CT molecular complexity index is 940. The minimum atomic E-state index is -0.266. The van der Waals surface area contributed by atoms with Gasteiger partial charge in [-0.1, -0.05) is 15.9 Å². The molecule has 1 heterocycles.